The highest BCUT2D eigenvalue weighted by Crippen LogP contribution is 2.56. The lowest BCUT2D eigenvalue weighted by molar-refractivity contribution is 0.158. The van der Waals surface area contributed by atoms with E-state index in [0.29, 0.717) is 5.92 Å². The van der Waals surface area contributed by atoms with Gasteiger partial charge >= 0.3 is 0 Å². The Kier molecular flexibility index (Phi) is 4.55. The van der Waals surface area contributed by atoms with Crippen LogP contribution in [0.5, 0.6) is 5.75 Å². The molecule has 1 aliphatic heterocycles. The summed E-state index contributed by atoms with van der Waals surface area (Å²) in [5.41, 5.74) is 3.08. The van der Waals surface area contributed by atoms with E-state index in [1.807, 2.05) is 13.8 Å². The van der Waals surface area contributed by atoms with Crippen molar-refractivity contribution in [2.45, 2.75) is 50.2 Å². The Morgan fingerprint density at radius 3 is 2.70 bits per heavy atom. The lowest BCUT2D eigenvalue weighted by Gasteiger charge is -2.42. The summed E-state index contributed by atoms with van der Waals surface area (Å²) in [7, 11) is 0.401. The molecule has 0 saturated carbocycles. The van der Waals surface area contributed by atoms with Crippen LogP contribution in [-0.4, -0.2) is 29.2 Å². The Labute approximate surface area is 141 Å². The fourth-order valence-electron chi connectivity index (χ4n) is 4.38. The van der Waals surface area contributed by atoms with Crippen molar-refractivity contribution >= 4 is 11.0 Å². The minimum Gasteiger partial charge on any atom is -0.497 e. The average molecular weight is 337 g/mol. The number of nitrogens with one attached hydrogen (secondary N) is 1. The molecule has 0 bridgehead atoms. The predicted octanol–water partition coefficient (Wildman–Crippen LogP) is 2.50. The standard InChI is InChI=1S/C18H28N2O2S/c1-17(2,23(19)21)12-16-15-5-4-14(22-3)10-13(15)11-18(16)6-8-20-9-7-18/h4-5,10,16,20H,6-9,11-12,19H2,1-3H3/t16-,23?/m1/s1. The summed E-state index contributed by atoms with van der Waals surface area (Å²) < 4.78 is 17.0. The van der Waals surface area contributed by atoms with E-state index in [4.69, 9.17) is 9.88 Å². The molecule has 2 atom stereocenters. The highest BCUT2D eigenvalue weighted by molar-refractivity contribution is 7.84. The predicted molar refractivity (Wildman–Crippen MR) is 95.0 cm³/mol. The molecule has 3 rings (SSSR count). The molecule has 1 unspecified atom stereocenters. The summed E-state index contributed by atoms with van der Waals surface area (Å²) in [6, 6.07) is 6.45. The highest BCUT2D eigenvalue weighted by Gasteiger charge is 2.48. The van der Waals surface area contributed by atoms with Gasteiger partial charge in [0.2, 0.25) is 0 Å². The monoisotopic (exact) mass is 336 g/mol. The van der Waals surface area contributed by atoms with E-state index in [-0.39, 0.29) is 10.2 Å². The van der Waals surface area contributed by atoms with E-state index in [0.717, 1.165) is 31.7 Å². The molecule has 1 fully saturated rings. The quantitative estimate of drug-likeness (QED) is 0.888. The number of hydrogen-bond acceptors (Lipinski definition) is 3. The van der Waals surface area contributed by atoms with Crippen LogP contribution in [0.3, 0.4) is 0 Å². The zero-order chi connectivity index (χ0) is 16.7. The second-order valence-electron chi connectivity index (χ2n) is 7.67. The zero-order valence-electron chi connectivity index (χ0n) is 14.4. The lowest BCUT2D eigenvalue weighted by Crippen LogP contribution is -2.43. The Morgan fingerprint density at radius 1 is 1.39 bits per heavy atom. The van der Waals surface area contributed by atoms with Crippen LogP contribution in [-0.2, 0) is 17.4 Å². The Balaban J connectivity index is 1.99. The van der Waals surface area contributed by atoms with Gasteiger partial charge in [-0.1, -0.05) is 6.07 Å². The van der Waals surface area contributed by atoms with Gasteiger partial charge in [0.1, 0.15) is 5.75 Å². The maximum Gasteiger partial charge on any atom is 0.119 e. The summed E-state index contributed by atoms with van der Waals surface area (Å²) in [6.07, 6.45) is 4.30. The van der Waals surface area contributed by atoms with Gasteiger partial charge in [-0.3, -0.25) is 5.14 Å². The van der Waals surface area contributed by atoms with E-state index >= 15 is 0 Å². The van der Waals surface area contributed by atoms with Crippen molar-refractivity contribution in [3.63, 3.8) is 0 Å². The zero-order valence-corrected chi connectivity index (χ0v) is 15.2. The van der Waals surface area contributed by atoms with Gasteiger partial charge in [-0.2, -0.15) is 0 Å². The first-order valence-corrected chi connectivity index (χ1v) is 9.63. The van der Waals surface area contributed by atoms with E-state index in [1.54, 1.807) is 7.11 Å². The molecular weight excluding hydrogens is 308 g/mol. The summed E-state index contributed by atoms with van der Waals surface area (Å²) >= 11 is 0. The minimum absolute atomic E-state index is 0.274. The van der Waals surface area contributed by atoms with E-state index in [1.165, 1.54) is 24.0 Å². The van der Waals surface area contributed by atoms with Gasteiger partial charge in [-0.25, -0.2) is 4.21 Å². The molecule has 23 heavy (non-hydrogen) atoms. The van der Waals surface area contributed by atoms with E-state index < -0.39 is 11.0 Å². The molecule has 0 aromatic heterocycles. The third kappa shape index (κ3) is 3.06. The summed E-state index contributed by atoms with van der Waals surface area (Å²) in [5, 5.41) is 9.25. The van der Waals surface area contributed by atoms with Gasteiger partial charge in [-0.15, -0.1) is 0 Å². The molecule has 0 radical (unpaired) electrons. The molecule has 1 aliphatic carbocycles. The van der Waals surface area contributed by atoms with Gasteiger partial charge in [0.05, 0.1) is 22.8 Å². The fraction of sp³-hybridized carbons (Fsp3) is 0.667. The van der Waals surface area contributed by atoms with Crippen molar-refractivity contribution in [1.82, 2.24) is 5.32 Å². The van der Waals surface area contributed by atoms with Crippen LogP contribution in [0, 0.1) is 5.41 Å². The van der Waals surface area contributed by atoms with Crippen LogP contribution in [0.1, 0.15) is 50.2 Å². The van der Waals surface area contributed by atoms with E-state index in [2.05, 4.69) is 23.5 Å². The van der Waals surface area contributed by atoms with Crippen LogP contribution < -0.4 is 15.2 Å². The minimum atomic E-state index is -1.32. The lowest BCUT2D eigenvalue weighted by atomic mass is 9.67. The van der Waals surface area contributed by atoms with Gasteiger partial charge in [0.25, 0.3) is 0 Å². The molecule has 1 spiro atoms. The van der Waals surface area contributed by atoms with Crippen molar-refractivity contribution in [2.24, 2.45) is 10.6 Å². The van der Waals surface area contributed by atoms with Crippen molar-refractivity contribution in [3.8, 4) is 5.75 Å². The summed E-state index contributed by atoms with van der Waals surface area (Å²) in [4.78, 5) is 0. The first-order valence-electron chi connectivity index (χ1n) is 8.42. The molecule has 1 saturated heterocycles. The fourth-order valence-corrected chi connectivity index (χ4v) is 4.72. The van der Waals surface area contributed by atoms with Crippen LogP contribution in [0.2, 0.25) is 0 Å². The summed E-state index contributed by atoms with van der Waals surface area (Å²) in [6.45, 7) is 6.18. The molecule has 5 heteroatoms. The third-order valence-corrected chi connectivity index (χ3v) is 7.10. The number of hydrogen-bond donors (Lipinski definition) is 2. The number of methoxy groups -OCH3 is 1. The van der Waals surface area contributed by atoms with Crippen LogP contribution in [0.25, 0.3) is 0 Å². The maximum absolute atomic E-state index is 12.0. The molecule has 128 valence electrons. The number of rotatable bonds is 4. The topological polar surface area (TPSA) is 64.3 Å². The van der Waals surface area contributed by atoms with Crippen LogP contribution >= 0.6 is 0 Å². The van der Waals surface area contributed by atoms with Crippen molar-refractivity contribution < 1.29 is 8.95 Å². The van der Waals surface area contributed by atoms with Crippen molar-refractivity contribution in [2.75, 3.05) is 20.2 Å². The molecular formula is C18H28N2O2S. The molecule has 1 heterocycles. The first kappa shape index (κ1) is 16.9. The normalized spacial score (nSPS) is 24.4. The van der Waals surface area contributed by atoms with Crippen LogP contribution in [0.4, 0.5) is 0 Å². The number of nitrogens with two attached hydrogens (primary N) is 1. The number of fused-ring (bicyclic) bond motifs is 1. The molecule has 1 aromatic carbocycles. The number of benzene rings is 1. The van der Waals surface area contributed by atoms with E-state index in [9.17, 15) is 4.21 Å². The van der Waals surface area contributed by atoms with Crippen LogP contribution in [0.15, 0.2) is 18.2 Å². The van der Waals surface area contributed by atoms with Gasteiger partial charge in [-0.05, 0) is 87.2 Å². The first-order chi connectivity index (χ1) is 10.9. The van der Waals surface area contributed by atoms with Crippen molar-refractivity contribution in [3.05, 3.63) is 29.3 Å². The molecule has 1 aromatic rings. The second-order valence-corrected chi connectivity index (χ2v) is 9.37. The molecule has 4 nitrogen and oxygen atoms in total. The van der Waals surface area contributed by atoms with Gasteiger partial charge in [0.15, 0.2) is 0 Å². The molecule has 0 amide bonds. The largest absolute Gasteiger partial charge is 0.497 e. The third-order valence-electron chi connectivity index (χ3n) is 5.85. The number of ether oxygens (including phenoxy) is 1. The maximum atomic E-state index is 12.0. The smallest absolute Gasteiger partial charge is 0.119 e. The highest BCUT2D eigenvalue weighted by atomic mass is 32.2. The average Bonchev–Trinajstić information content (AvgIpc) is 2.80. The second kappa shape index (κ2) is 6.19. The van der Waals surface area contributed by atoms with Crippen molar-refractivity contribution in [1.29, 1.82) is 0 Å². The van der Waals surface area contributed by atoms with Gasteiger partial charge < -0.3 is 10.1 Å². The Morgan fingerprint density at radius 2 is 2.09 bits per heavy atom. The molecule has 2 aliphatic rings. The SMILES string of the molecule is COc1ccc2c(c1)CC1(CCNCC1)[C@@H]2CC(C)(C)S(N)=O. The Hall–Kier alpha value is -0.910. The molecule has 3 N–H and O–H groups in total. The number of piperidine rings is 1. The Bertz CT molecular complexity index is 609. The van der Waals surface area contributed by atoms with Gasteiger partial charge in [0, 0.05) is 0 Å². The summed E-state index contributed by atoms with van der Waals surface area (Å²) in [5.74, 6) is 1.35.